The number of Topliss-reactive ketones (excluding diaryl/α,β-unsaturated/α-hetero) is 1. The smallest absolute Gasteiger partial charge is 0.338 e. The molecule has 2 aromatic heterocycles. The van der Waals surface area contributed by atoms with Crippen LogP contribution in [0.3, 0.4) is 0 Å². The van der Waals surface area contributed by atoms with Gasteiger partial charge in [0.25, 0.3) is 0 Å². The summed E-state index contributed by atoms with van der Waals surface area (Å²) >= 11 is 0. The lowest BCUT2D eigenvalue weighted by atomic mass is 10.1. The molecule has 0 fully saturated rings. The number of carbonyl (C=O) groups is 2. The number of hydrogen-bond acceptors (Lipinski definition) is 6. The number of fused-ring (bicyclic) bond motifs is 1. The number of para-hydroxylation sites is 1. The van der Waals surface area contributed by atoms with Gasteiger partial charge in [0, 0.05) is 22.7 Å². The summed E-state index contributed by atoms with van der Waals surface area (Å²) < 4.78 is 16.3. The van der Waals surface area contributed by atoms with E-state index in [0.717, 1.165) is 22.2 Å². The standard InChI is InChI=1S/C24H22N2O5/c1-14-21(15(2)31-26-14)13-29-18-10-8-17(9-11-18)24(28)30-16(3)23(27)20-12-25-22-7-5-4-6-19(20)22/h4-12,16,25H,13H2,1-3H3/t16-/m1/s1. The summed E-state index contributed by atoms with van der Waals surface area (Å²) in [5.41, 5.74) is 3.37. The second kappa shape index (κ2) is 8.47. The van der Waals surface area contributed by atoms with E-state index in [1.54, 1.807) is 37.4 Å². The van der Waals surface area contributed by atoms with Crippen LogP contribution in [0.1, 0.15) is 44.7 Å². The number of aryl methyl sites for hydroxylation is 2. The van der Waals surface area contributed by atoms with Crippen LogP contribution in [0.25, 0.3) is 10.9 Å². The Kier molecular flexibility index (Phi) is 5.58. The summed E-state index contributed by atoms with van der Waals surface area (Å²) in [6, 6.07) is 14.1. The lowest BCUT2D eigenvalue weighted by Crippen LogP contribution is -2.24. The lowest BCUT2D eigenvalue weighted by Gasteiger charge is -2.12. The molecule has 1 N–H and O–H groups in total. The lowest BCUT2D eigenvalue weighted by molar-refractivity contribution is 0.0319. The van der Waals surface area contributed by atoms with Crippen LogP contribution < -0.4 is 4.74 Å². The van der Waals surface area contributed by atoms with Gasteiger partial charge in [-0.1, -0.05) is 23.4 Å². The van der Waals surface area contributed by atoms with Crippen molar-refractivity contribution in [3.63, 3.8) is 0 Å². The number of nitrogens with one attached hydrogen (secondary N) is 1. The van der Waals surface area contributed by atoms with Gasteiger partial charge < -0.3 is 19.0 Å². The van der Waals surface area contributed by atoms with Gasteiger partial charge in [0.1, 0.15) is 18.1 Å². The van der Waals surface area contributed by atoms with E-state index < -0.39 is 12.1 Å². The predicted molar refractivity (Wildman–Crippen MR) is 114 cm³/mol. The maximum Gasteiger partial charge on any atom is 0.338 e. The fourth-order valence-corrected chi connectivity index (χ4v) is 3.33. The number of nitrogens with zero attached hydrogens (tertiary/aromatic N) is 1. The number of ketones is 1. The molecule has 0 aliphatic carbocycles. The van der Waals surface area contributed by atoms with E-state index in [9.17, 15) is 9.59 Å². The maximum absolute atomic E-state index is 12.8. The van der Waals surface area contributed by atoms with E-state index in [2.05, 4.69) is 10.1 Å². The normalized spacial score (nSPS) is 12.0. The quantitative estimate of drug-likeness (QED) is 0.343. The number of esters is 1. The highest BCUT2D eigenvalue weighted by atomic mass is 16.5. The molecule has 0 aliphatic rings. The Bertz CT molecular complexity index is 1220. The molecule has 0 saturated heterocycles. The first kappa shape index (κ1) is 20.4. The Morgan fingerprint density at radius 2 is 1.84 bits per heavy atom. The first-order valence-corrected chi connectivity index (χ1v) is 9.90. The summed E-state index contributed by atoms with van der Waals surface area (Å²) in [7, 11) is 0. The molecule has 0 radical (unpaired) electrons. The van der Waals surface area contributed by atoms with Crippen molar-refractivity contribution in [1.29, 1.82) is 0 Å². The molecule has 2 aromatic carbocycles. The highest BCUT2D eigenvalue weighted by molar-refractivity contribution is 6.10. The van der Waals surface area contributed by atoms with Gasteiger partial charge in [-0.05, 0) is 51.1 Å². The number of hydrogen-bond donors (Lipinski definition) is 1. The van der Waals surface area contributed by atoms with Crippen molar-refractivity contribution in [2.75, 3.05) is 0 Å². The third-order valence-corrected chi connectivity index (χ3v) is 5.16. The molecule has 0 aliphatic heterocycles. The van der Waals surface area contributed by atoms with Crippen molar-refractivity contribution >= 4 is 22.7 Å². The largest absolute Gasteiger partial charge is 0.489 e. The molecule has 4 aromatic rings. The summed E-state index contributed by atoms with van der Waals surface area (Å²) in [4.78, 5) is 28.3. The monoisotopic (exact) mass is 418 g/mol. The van der Waals surface area contributed by atoms with Gasteiger partial charge in [-0.25, -0.2) is 4.79 Å². The molecule has 0 unspecified atom stereocenters. The topological polar surface area (TPSA) is 94.4 Å². The van der Waals surface area contributed by atoms with Crippen molar-refractivity contribution in [2.45, 2.75) is 33.5 Å². The maximum atomic E-state index is 12.8. The molecule has 7 heteroatoms. The third kappa shape index (κ3) is 4.21. The van der Waals surface area contributed by atoms with E-state index in [1.807, 2.05) is 38.1 Å². The number of aromatic amines is 1. The fraction of sp³-hybridized carbons (Fsp3) is 0.208. The van der Waals surface area contributed by atoms with Crippen LogP contribution in [-0.4, -0.2) is 28.0 Å². The summed E-state index contributed by atoms with van der Waals surface area (Å²) in [6.07, 6.45) is 0.727. The molecule has 31 heavy (non-hydrogen) atoms. The van der Waals surface area contributed by atoms with Crippen LogP contribution in [0.5, 0.6) is 5.75 Å². The van der Waals surface area contributed by atoms with Crippen molar-refractivity contribution in [2.24, 2.45) is 0 Å². The first-order chi connectivity index (χ1) is 14.9. The minimum Gasteiger partial charge on any atom is -0.489 e. The highest BCUT2D eigenvalue weighted by Crippen LogP contribution is 2.21. The minimum atomic E-state index is -0.915. The third-order valence-electron chi connectivity index (χ3n) is 5.16. The van der Waals surface area contributed by atoms with Crippen molar-refractivity contribution in [3.05, 3.63) is 82.9 Å². The SMILES string of the molecule is Cc1noc(C)c1COc1ccc(C(=O)O[C@H](C)C(=O)c2c[nH]c3ccccc23)cc1. The van der Waals surface area contributed by atoms with Gasteiger partial charge in [0.15, 0.2) is 6.10 Å². The summed E-state index contributed by atoms with van der Waals surface area (Å²) in [6.45, 7) is 5.58. The fourth-order valence-electron chi connectivity index (χ4n) is 3.33. The van der Waals surface area contributed by atoms with Crippen LogP contribution >= 0.6 is 0 Å². The first-order valence-electron chi connectivity index (χ1n) is 9.90. The zero-order chi connectivity index (χ0) is 22.0. The van der Waals surface area contributed by atoms with E-state index in [4.69, 9.17) is 14.0 Å². The Labute approximate surface area is 179 Å². The van der Waals surface area contributed by atoms with Crippen molar-refractivity contribution < 1.29 is 23.6 Å². The van der Waals surface area contributed by atoms with Gasteiger partial charge in [-0.3, -0.25) is 4.79 Å². The molecule has 1 atom stereocenters. The molecule has 0 bridgehead atoms. The van der Waals surface area contributed by atoms with Crippen molar-refractivity contribution in [3.8, 4) is 5.75 Å². The molecular weight excluding hydrogens is 396 g/mol. The van der Waals surface area contributed by atoms with Crippen LogP contribution in [0.4, 0.5) is 0 Å². The Hall–Kier alpha value is -3.87. The molecule has 158 valence electrons. The van der Waals surface area contributed by atoms with Crippen LogP contribution in [0, 0.1) is 13.8 Å². The molecule has 4 rings (SSSR count). The molecule has 0 saturated carbocycles. The Morgan fingerprint density at radius 3 is 2.55 bits per heavy atom. The van der Waals surface area contributed by atoms with Crippen LogP contribution in [0.2, 0.25) is 0 Å². The molecule has 7 nitrogen and oxygen atoms in total. The molecule has 0 amide bonds. The second-order valence-corrected chi connectivity index (χ2v) is 7.28. The van der Waals surface area contributed by atoms with Gasteiger partial charge >= 0.3 is 5.97 Å². The zero-order valence-corrected chi connectivity index (χ0v) is 17.5. The van der Waals surface area contributed by atoms with Gasteiger partial charge in [-0.2, -0.15) is 0 Å². The van der Waals surface area contributed by atoms with Gasteiger partial charge in [-0.15, -0.1) is 0 Å². The van der Waals surface area contributed by atoms with Gasteiger partial charge in [0.2, 0.25) is 5.78 Å². The van der Waals surface area contributed by atoms with Crippen molar-refractivity contribution in [1.82, 2.24) is 10.1 Å². The number of carbonyl (C=O) groups excluding carboxylic acids is 2. The average Bonchev–Trinajstić information content (AvgIpc) is 3.35. The van der Waals surface area contributed by atoms with E-state index >= 15 is 0 Å². The zero-order valence-electron chi connectivity index (χ0n) is 17.5. The second-order valence-electron chi connectivity index (χ2n) is 7.28. The molecule has 2 heterocycles. The van der Waals surface area contributed by atoms with E-state index in [0.29, 0.717) is 29.2 Å². The van der Waals surface area contributed by atoms with E-state index in [1.165, 1.54) is 0 Å². The van der Waals surface area contributed by atoms with Crippen LogP contribution in [-0.2, 0) is 11.3 Å². The summed E-state index contributed by atoms with van der Waals surface area (Å²) in [5, 5.41) is 4.70. The number of rotatable bonds is 7. The number of aromatic nitrogens is 2. The predicted octanol–water partition coefficient (Wildman–Crippen LogP) is 4.78. The molecule has 0 spiro atoms. The van der Waals surface area contributed by atoms with Crippen LogP contribution in [0.15, 0.2) is 59.3 Å². The number of H-pyrrole nitrogens is 1. The highest BCUT2D eigenvalue weighted by Gasteiger charge is 2.23. The number of ether oxygens (including phenoxy) is 2. The average molecular weight is 418 g/mol. The Morgan fingerprint density at radius 1 is 1.10 bits per heavy atom. The summed E-state index contributed by atoms with van der Waals surface area (Å²) in [5.74, 6) is 0.481. The Balaban J connectivity index is 1.38. The minimum absolute atomic E-state index is 0.259. The van der Waals surface area contributed by atoms with E-state index in [-0.39, 0.29) is 5.78 Å². The number of benzene rings is 2. The van der Waals surface area contributed by atoms with Gasteiger partial charge in [0.05, 0.1) is 16.8 Å². The molecular formula is C24H22N2O5.